The summed E-state index contributed by atoms with van der Waals surface area (Å²) in [5.74, 6) is 6.96. The van der Waals surface area contributed by atoms with Gasteiger partial charge in [-0.3, -0.25) is 5.43 Å². The van der Waals surface area contributed by atoms with Gasteiger partial charge in [0.05, 0.1) is 6.61 Å². The molecule has 0 fully saturated rings. The first kappa shape index (κ1) is 16.4. The van der Waals surface area contributed by atoms with Crippen molar-refractivity contribution in [2.24, 2.45) is 11.8 Å². The first-order valence-corrected chi connectivity index (χ1v) is 7.21. The van der Waals surface area contributed by atoms with E-state index < -0.39 is 0 Å². The molecule has 0 aromatic carbocycles. The maximum absolute atomic E-state index is 5.59. The van der Waals surface area contributed by atoms with E-state index in [-0.39, 0.29) is 0 Å². The Hall–Kier alpha value is -1.63. The third-order valence-corrected chi connectivity index (χ3v) is 2.94. The van der Waals surface area contributed by atoms with Crippen LogP contribution in [0.15, 0.2) is 0 Å². The topological polar surface area (TPSA) is 89.2 Å². The number of rotatable bonds is 9. The zero-order chi connectivity index (χ0) is 15.0. The van der Waals surface area contributed by atoms with Crippen LogP contribution >= 0.6 is 0 Å². The predicted molar refractivity (Wildman–Crippen MR) is 80.8 cm³/mol. The largest absolute Gasteiger partial charge is 0.463 e. The number of aromatic nitrogens is 3. The van der Waals surface area contributed by atoms with Gasteiger partial charge >= 0.3 is 6.01 Å². The Morgan fingerprint density at radius 1 is 1.20 bits per heavy atom. The Morgan fingerprint density at radius 3 is 2.45 bits per heavy atom. The lowest BCUT2D eigenvalue weighted by atomic mass is 10.1. The minimum Gasteiger partial charge on any atom is -0.463 e. The molecule has 20 heavy (non-hydrogen) atoms. The Kier molecular flexibility index (Phi) is 7.00. The molecule has 0 spiro atoms. The van der Waals surface area contributed by atoms with E-state index in [4.69, 9.17) is 10.6 Å². The molecule has 0 atom stereocenters. The Labute approximate surface area is 120 Å². The van der Waals surface area contributed by atoms with Crippen molar-refractivity contribution in [1.82, 2.24) is 15.0 Å². The normalized spacial score (nSPS) is 10.7. The fourth-order valence-electron chi connectivity index (χ4n) is 1.78. The molecule has 1 heterocycles. The number of nitrogen functional groups attached to an aromatic ring is 1. The lowest BCUT2D eigenvalue weighted by Gasteiger charge is -2.19. The molecular formula is C13H26N6O. The summed E-state index contributed by atoms with van der Waals surface area (Å²) < 4.78 is 5.59. The average Bonchev–Trinajstić information content (AvgIpc) is 2.44. The lowest BCUT2D eigenvalue weighted by molar-refractivity contribution is 0.275. The molecule has 0 saturated heterocycles. The van der Waals surface area contributed by atoms with Crippen molar-refractivity contribution in [2.75, 3.05) is 30.0 Å². The lowest BCUT2D eigenvalue weighted by Crippen LogP contribution is -2.25. The van der Waals surface area contributed by atoms with Gasteiger partial charge < -0.3 is 9.64 Å². The Bertz CT molecular complexity index is 394. The molecule has 0 amide bonds. The van der Waals surface area contributed by atoms with Crippen LogP contribution in [0.25, 0.3) is 0 Å². The monoisotopic (exact) mass is 282 g/mol. The van der Waals surface area contributed by atoms with Crippen molar-refractivity contribution in [3.05, 3.63) is 0 Å². The van der Waals surface area contributed by atoms with Crippen LogP contribution in [0.1, 0.15) is 40.5 Å². The van der Waals surface area contributed by atoms with Crippen LogP contribution < -0.4 is 20.9 Å². The third-order valence-electron chi connectivity index (χ3n) is 2.94. The highest BCUT2D eigenvalue weighted by Gasteiger charge is 2.11. The highest BCUT2D eigenvalue weighted by Crippen LogP contribution is 2.15. The molecule has 0 aliphatic heterocycles. The number of hydrogen-bond donors (Lipinski definition) is 2. The van der Waals surface area contributed by atoms with Crippen molar-refractivity contribution in [2.45, 2.75) is 40.5 Å². The summed E-state index contributed by atoms with van der Waals surface area (Å²) in [6.45, 7) is 10.7. The maximum Gasteiger partial charge on any atom is 0.323 e. The Balaban J connectivity index is 2.72. The summed E-state index contributed by atoms with van der Waals surface area (Å²) in [7, 11) is 0. The summed E-state index contributed by atoms with van der Waals surface area (Å²) >= 11 is 0. The van der Waals surface area contributed by atoms with Gasteiger partial charge in [-0.25, -0.2) is 5.84 Å². The summed E-state index contributed by atoms with van der Waals surface area (Å²) in [6, 6.07) is 0.318. The van der Waals surface area contributed by atoms with Gasteiger partial charge in [0.1, 0.15) is 0 Å². The quantitative estimate of drug-likeness (QED) is 0.405. The highest BCUT2D eigenvalue weighted by molar-refractivity contribution is 5.37. The van der Waals surface area contributed by atoms with Crippen LogP contribution in [0, 0.1) is 5.92 Å². The number of ether oxygens (including phenoxy) is 1. The second-order valence-corrected chi connectivity index (χ2v) is 4.94. The minimum absolute atomic E-state index is 0.318. The molecule has 0 bridgehead atoms. The molecule has 0 aliphatic carbocycles. The average molecular weight is 282 g/mol. The third kappa shape index (κ3) is 5.16. The molecular weight excluding hydrogens is 256 g/mol. The van der Waals surface area contributed by atoms with Crippen molar-refractivity contribution in [3.63, 3.8) is 0 Å². The molecule has 7 heteroatoms. The predicted octanol–water partition coefficient (Wildman–Crippen LogP) is 1.82. The van der Waals surface area contributed by atoms with Crippen molar-refractivity contribution >= 4 is 11.9 Å². The molecule has 114 valence electrons. The number of nitrogens with one attached hydrogen (secondary N) is 1. The van der Waals surface area contributed by atoms with Crippen molar-refractivity contribution < 1.29 is 4.74 Å². The molecule has 1 rings (SSSR count). The molecule has 3 N–H and O–H groups in total. The number of nitrogens with zero attached hydrogens (tertiary/aromatic N) is 4. The van der Waals surface area contributed by atoms with Crippen LogP contribution in [0.2, 0.25) is 0 Å². The molecule has 0 radical (unpaired) electrons. The first-order chi connectivity index (χ1) is 9.60. The van der Waals surface area contributed by atoms with E-state index in [1.54, 1.807) is 0 Å². The van der Waals surface area contributed by atoms with Gasteiger partial charge in [0.2, 0.25) is 11.9 Å². The summed E-state index contributed by atoms with van der Waals surface area (Å²) in [5.41, 5.74) is 2.45. The van der Waals surface area contributed by atoms with E-state index in [1.165, 1.54) is 0 Å². The van der Waals surface area contributed by atoms with E-state index >= 15 is 0 Å². The molecule has 1 aromatic rings. The smallest absolute Gasteiger partial charge is 0.323 e. The molecule has 0 aliphatic rings. The van der Waals surface area contributed by atoms with Gasteiger partial charge in [0.25, 0.3) is 0 Å². The van der Waals surface area contributed by atoms with Gasteiger partial charge in [-0.1, -0.05) is 13.8 Å². The zero-order valence-corrected chi connectivity index (χ0v) is 12.9. The number of nitrogens with two attached hydrogens (primary N) is 1. The van der Waals surface area contributed by atoms with Gasteiger partial charge in [-0.15, -0.1) is 0 Å². The molecule has 0 saturated carbocycles. The van der Waals surface area contributed by atoms with Crippen LogP contribution in [0.5, 0.6) is 6.01 Å². The second-order valence-electron chi connectivity index (χ2n) is 4.94. The first-order valence-electron chi connectivity index (χ1n) is 7.21. The molecule has 0 unspecified atom stereocenters. The van der Waals surface area contributed by atoms with Gasteiger partial charge in [0.15, 0.2) is 0 Å². The van der Waals surface area contributed by atoms with E-state index in [0.29, 0.717) is 30.4 Å². The zero-order valence-electron chi connectivity index (χ0n) is 12.9. The summed E-state index contributed by atoms with van der Waals surface area (Å²) in [6.07, 6.45) is 2.10. The van der Waals surface area contributed by atoms with Crippen molar-refractivity contribution in [1.29, 1.82) is 0 Å². The number of hydrogen-bond acceptors (Lipinski definition) is 7. The maximum atomic E-state index is 5.59. The van der Waals surface area contributed by atoms with Crippen LogP contribution in [0.3, 0.4) is 0 Å². The molecule has 7 nitrogen and oxygen atoms in total. The number of anilines is 2. The minimum atomic E-state index is 0.318. The molecule has 1 aromatic heterocycles. The fourth-order valence-corrected chi connectivity index (χ4v) is 1.78. The highest BCUT2D eigenvalue weighted by atomic mass is 16.5. The summed E-state index contributed by atoms with van der Waals surface area (Å²) in [4.78, 5) is 14.7. The van der Waals surface area contributed by atoms with Crippen LogP contribution in [0.4, 0.5) is 11.9 Å². The van der Waals surface area contributed by atoms with E-state index in [1.807, 2.05) is 18.7 Å². The Morgan fingerprint density at radius 2 is 1.90 bits per heavy atom. The van der Waals surface area contributed by atoms with Gasteiger partial charge in [-0.2, -0.15) is 15.0 Å². The van der Waals surface area contributed by atoms with E-state index in [9.17, 15) is 0 Å². The van der Waals surface area contributed by atoms with Crippen LogP contribution in [-0.4, -0.2) is 34.6 Å². The van der Waals surface area contributed by atoms with Gasteiger partial charge in [0, 0.05) is 13.1 Å². The van der Waals surface area contributed by atoms with Crippen LogP contribution in [-0.2, 0) is 0 Å². The summed E-state index contributed by atoms with van der Waals surface area (Å²) in [5, 5.41) is 0. The van der Waals surface area contributed by atoms with Crippen molar-refractivity contribution in [3.8, 4) is 6.01 Å². The SMILES string of the molecule is CCN(CC)c1nc(NN)nc(OCCCC(C)C)n1. The van der Waals surface area contributed by atoms with E-state index in [2.05, 4.69) is 34.2 Å². The number of hydrazine groups is 1. The van der Waals surface area contributed by atoms with E-state index in [0.717, 1.165) is 25.9 Å². The second kappa shape index (κ2) is 8.52. The van der Waals surface area contributed by atoms with Gasteiger partial charge in [-0.05, 0) is 32.6 Å². The standard InChI is InChI=1S/C13H26N6O/c1-5-19(6-2)12-15-11(18-14)16-13(17-12)20-9-7-8-10(3)4/h10H,5-9,14H2,1-4H3,(H,15,16,17,18). The fraction of sp³-hybridized carbons (Fsp3) is 0.769.